The third kappa shape index (κ3) is 14.0. The van der Waals surface area contributed by atoms with Crippen molar-refractivity contribution in [3.63, 3.8) is 0 Å². The third-order valence-corrected chi connectivity index (χ3v) is 6.34. The van der Waals surface area contributed by atoms with Crippen molar-refractivity contribution in [3.8, 4) is 0 Å². The number of aromatic nitrogens is 1. The highest BCUT2D eigenvalue weighted by Crippen LogP contribution is 2.25. The summed E-state index contributed by atoms with van der Waals surface area (Å²) in [4.78, 5) is 31.1. The van der Waals surface area contributed by atoms with Gasteiger partial charge in [-0.05, 0) is 31.5 Å². The molecule has 1 aromatic heterocycles. The highest BCUT2D eigenvalue weighted by atomic mass is 16.5. The number of hydrogen-bond donors (Lipinski definition) is 5. The smallest absolute Gasteiger partial charge is 0.373 e. The quantitative estimate of drug-likeness (QED) is 0.138. The Balaban J connectivity index is -0.000000601. The van der Waals surface area contributed by atoms with Gasteiger partial charge in [-0.1, -0.05) is 19.1 Å². The van der Waals surface area contributed by atoms with Gasteiger partial charge >= 0.3 is 12.1 Å². The minimum absolute atomic E-state index is 0. The van der Waals surface area contributed by atoms with E-state index in [0.29, 0.717) is 47.3 Å². The summed E-state index contributed by atoms with van der Waals surface area (Å²) in [5.41, 5.74) is 3.89. The van der Waals surface area contributed by atoms with Gasteiger partial charge in [0.15, 0.2) is 0 Å². The van der Waals surface area contributed by atoms with E-state index in [4.69, 9.17) is 34.8 Å². The summed E-state index contributed by atoms with van der Waals surface area (Å²) in [6, 6.07) is 9.37. The van der Waals surface area contributed by atoms with Gasteiger partial charge in [0.05, 0.1) is 53.2 Å². The summed E-state index contributed by atoms with van der Waals surface area (Å²) in [7, 11) is 5.36. The second-order valence-electron chi connectivity index (χ2n) is 9.42. The Bertz CT molecular complexity index is 975. The second kappa shape index (κ2) is 21.9. The molecule has 2 rings (SSSR count). The Morgan fingerprint density at radius 1 is 0.925 bits per heavy atom. The number of quaternary nitrogens is 2. The van der Waals surface area contributed by atoms with E-state index < -0.39 is 0 Å². The van der Waals surface area contributed by atoms with E-state index in [-0.39, 0.29) is 53.4 Å². The Hall–Kier alpha value is -2.89. The van der Waals surface area contributed by atoms with Crippen LogP contribution in [-0.4, -0.2) is 116 Å². The highest BCUT2D eigenvalue weighted by Gasteiger charge is 2.28. The SMILES string of the molecule is CCc1cc(C)c([N+](C)(CCO)CCO)[nH]1.COC(=O)c1cccc(C[N+](C)(CCO)CCO)c1.O=C=O.[CH3-].[CH3-]. The maximum Gasteiger partial charge on any atom is 0.373 e. The zero-order chi connectivity index (χ0) is 29.2. The van der Waals surface area contributed by atoms with Crippen molar-refractivity contribution in [2.45, 2.75) is 26.8 Å². The molecule has 0 aliphatic rings. The lowest BCUT2D eigenvalue weighted by Gasteiger charge is -2.33. The van der Waals surface area contributed by atoms with Gasteiger partial charge in [0.25, 0.3) is 0 Å². The predicted octanol–water partition coefficient (Wildman–Crippen LogP) is 1.53. The number of benzene rings is 1. The number of methoxy groups -OCH3 is 1. The Kier molecular flexibility index (Phi) is 22.7. The molecule has 0 saturated heterocycles. The van der Waals surface area contributed by atoms with Gasteiger partial charge in [-0.2, -0.15) is 9.59 Å². The van der Waals surface area contributed by atoms with Crippen molar-refractivity contribution in [3.05, 3.63) is 67.6 Å². The number of nitrogens with zero attached hydrogens (tertiary/aromatic N) is 2. The zero-order valence-corrected chi connectivity index (χ0v) is 25.3. The number of hydrogen-bond acceptors (Lipinski definition) is 8. The van der Waals surface area contributed by atoms with E-state index in [9.17, 15) is 4.79 Å². The third-order valence-electron chi connectivity index (χ3n) is 6.34. The molecule has 0 bridgehead atoms. The summed E-state index contributed by atoms with van der Waals surface area (Å²) >= 11 is 0. The lowest BCUT2D eigenvalue weighted by molar-refractivity contribution is -0.923. The molecular weight excluding hydrogens is 518 g/mol. The number of carbonyl (C=O) groups is 1. The number of aryl methyl sites for hydroxylation is 2. The number of aliphatic hydroxyl groups is 4. The molecule has 1 aromatic carbocycles. The number of rotatable bonds is 13. The molecule has 0 aliphatic carbocycles. The highest BCUT2D eigenvalue weighted by molar-refractivity contribution is 5.89. The fraction of sp³-hybridized carbons (Fsp3) is 0.517. The molecule has 0 spiro atoms. The van der Waals surface area contributed by atoms with Gasteiger partial charge in [0.2, 0.25) is 5.82 Å². The van der Waals surface area contributed by atoms with E-state index in [1.807, 2.05) is 26.2 Å². The molecule has 2 aromatic rings. The van der Waals surface area contributed by atoms with Crippen LogP contribution >= 0.6 is 0 Å². The monoisotopic (exact) mass is 569 g/mol. The fourth-order valence-corrected chi connectivity index (χ4v) is 4.25. The maximum atomic E-state index is 11.5. The number of esters is 1. The van der Waals surface area contributed by atoms with E-state index in [1.54, 1.807) is 12.1 Å². The largest absolute Gasteiger partial charge is 0.465 e. The number of likely N-dealkylation sites (N-methyl/N-ethyl adjacent to an activating group) is 2. The Morgan fingerprint density at radius 3 is 1.82 bits per heavy atom. The van der Waals surface area contributed by atoms with Crippen molar-refractivity contribution >= 4 is 17.9 Å². The zero-order valence-electron chi connectivity index (χ0n) is 25.3. The van der Waals surface area contributed by atoms with Crippen LogP contribution < -0.4 is 4.48 Å². The number of nitrogens with one attached hydrogen (secondary N) is 1. The van der Waals surface area contributed by atoms with E-state index in [0.717, 1.165) is 17.8 Å². The average Bonchev–Trinajstić information content (AvgIpc) is 3.26. The van der Waals surface area contributed by atoms with Crippen LogP contribution in [0.25, 0.3) is 0 Å². The van der Waals surface area contributed by atoms with Crippen molar-refractivity contribution in [2.75, 3.05) is 73.8 Å². The van der Waals surface area contributed by atoms with E-state index in [1.165, 1.54) is 18.4 Å². The average molecular weight is 570 g/mol. The van der Waals surface area contributed by atoms with Crippen molar-refractivity contribution in [1.29, 1.82) is 0 Å². The van der Waals surface area contributed by atoms with E-state index in [2.05, 4.69) is 24.9 Å². The second-order valence-corrected chi connectivity index (χ2v) is 9.42. The molecule has 230 valence electrons. The standard InChI is InChI=1S/C14H22NO4.C12H23N2O2.CO2.2CH3/c1-15(6-8-16,7-9-17)11-12-4-3-5-13(10-12)14(18)19-2;1-4-11-9-10(2)12(13-11)14(3,5-7-15)6-8-16;2-1-3;;/h3-5,10,16-17H,6-9,11H2,1-2H3;9,13,15-16H,4-8H2,1-3H3;;2*1H3/q2*+1;;2*-1. The minimum Gasteiger partial charge on any atom is -0.465 e. The fourth-order valence-electron chi connectivity index (χ4n) is 4.25. The van der Waals surface area contributed by atoms with Crippen LogP contribution in [0.4, 0.5) is 5.82 Å². The molecule has 1 heterocycles. The predicted molar refractivity (Wildman–Crippen MR) is 156 cm³/mol. The molecule has 0 fully saturated rings. The molecule has 0 saturated carbocycles. The Labute approximate surface area is 239 Å². The van der Waals surface area contributed by atoms with Gasteiger partial charge in [-0.3, -0.25) is 4.48 Å². The van der Waals surface area contributed by atoms with E-state index >= 15 is 0 Å². The van der Waals surface area contributed by atoms with Crippen LogP contribution in [0.1, 0.15) is 34.1 Å². The summed E-state index contributed by atoms with van der Waals surface area (Å²) in [6.45, 7) is 7.54. The maximum absolute atomic E-state index is 11.5. The van der Waals surface area contributed by atoms with Crippen LogP contribution in [0.15, 0.2) is 30.3 Å². The number of aliphatic hydroxyl groups excluding tert-OH is 4. The first-order chi connectivity index (χ1) is 18.0. The molecule has 0 unspecified atom stereocenters. The first-order valence-electron chi connectivity index (χ1n) is 12.5. The molecule has 0 aliphatic heterocycles. The normalized spacial score (nSPS) is 10.4. The lowest BCUT2D eigenvalue weighted by Crippen LogP contribution is -2.50. The van der Waals surface area contributed by atoms with Crippen molar-refractivity contribution < 1.29 is 44.0 Å². The first-order valence-corrected chi connectivity index (χ1v) is 12.5. The minimum atomic E-state index is -0.361. The van der Waals surface area contributed by atoms with Crippen molar-refractivity contribution in [1.82, 2.24) is 9.47 Å². The van der Waals surface area contributed by atoms with Crippen molar-refractivity contribution in [2.24, 2.45) is 0 Å². The number of H-pyrrole nitrogens is 1. The van der Waals surface area contributed by atoms with Gasteiger partial charge in [-0.15, -0.1) is 0 Å². The molecule has 11 heteroatoms. The van der Waals surface area contributed by atoms with Gasteiger partial charge in [0, 0.05) is 16.8 Å². The van der Waals surface area contributed by atoms with Gasteiger partial charge < -0.3 is 49.5 Å². The number of aromatic amines is 1. The first kappa shape index (κ1) is 41.6. The molecule has 0 amide bonds. The molecule has 0 atom stereocenters. The summed E-state index contributed by atoms with van der Waals surface area (Å²) in [5, 5.41) is 36.5. The van der Waals surface area contributed by atoms with Crippen LogP contribution in [0, 0.1) is 21.8 Å². The molecule has 11 nitrogen and oxygen atoms in total. The molecular formula is C29H51N3O8. The topological polar surface area (TPSA) is 157 Å². The molecule has 5 N–H and O–H groups in total. The summed E-state index contributed by atoms with van der Waals surface area (Å²) < 4.78 is 5.77. The molecule has 40 heavy (non-hydrogen) atoms. The van der Waals surface area contributed by atoms with Crippen LogP contribution in [0.5, 0.6) is 0 Å². The lowest BCUT2D eigenvalue weighted by atomic mass is 10.1. The number of ether oxygens (including phenoxy) is 1. The molecule has 0 radical (unpaired) electrons. The van der Waals surface area contributed by atoms with Gasteiger partial charge in [0.1, 0.15) is 32.7 Å². The summed E-state index contributed by atoms with van der Waals surface area (Å²) in [5.74, 6) is 0.736. The van der Waals surface area contributed by atoms with Crippen LogP contribution in [0.2, 0.25) is 0 Å². The Morgan fingerprint density at radius 2 is 1.43 bits per heavy atom. The number of carbonyl (C=O) groups excluding carboxylic acids is 3. The van der Waals surface area contributed by atoms with Crippen LogP contribution in [-0.2, 0) is 27.3 Å². The van der Waals surface area contributed by atoms with Crippen LogP contribution in [0.3, 0.4) is 0 Å². The van der Waals surface area contributed by atoms with Gasteiger partial charge in [-0.25, -0.2) is 4.79 Å². The summed E-state index contributed by atoms with van der Waals surface area (Å²) in [6.07, 6.45) is 1.22.